The number of anilines is 1. The Labute approximate surface area is 209 Å². The van der Waals surface area contributed by atoms with Crippen molar-refractivity contribution < 1.29 is 70.4 Å². The maximum Gasteiger partial charge on any atom is 1.00 e. The van der Waals surface area contributed by atoms with Gasteiger partial charge in [-0.3, -0.25) is 9.78 Å². The van der Waals surface area contributed by atoms with Gasteiger partial charge in [-0.05, 0) is 13.0 Å². The molecule has 7 nitrogen and oxygen atoms in total. The molecule has 4 N–H and O–H groups in total. The molecule has 12 heteroatoms. The third-order valence-electron chi connectivity index (χ3n) is 3.77. The molecular formula is C16H16F2KN4O3S2+. The molecule has 0 bridgehead atoms. The van der Waals surface area contributed by atoms with Crippen molar-refractivity contribution in [2.45, 2.75) is 23.4 Å². The number of aromatic nitrogens is 3. The van der Waals surface area contributed by atoms with Crippen molar-refractivity contribution in [1.82, 2.24) is 15.0 Å². The summed E-state index contributed by atoms with van der Waals surface area (Å²) in [5.41, 5.74) is -0.624. The van der Waals surface area contributed by atoms with Crippen LogP contribution in [0, 0.1) is 11.6 Å². The fourth-order valence-electron chi connectivity index (χ4n) is 2.19. The molecule has 0 saturated heterocycles. The van der Waals surface area contributed by atoms with Crippen LogP contribution in [-0.2, 0) is 5.75 Å². The van der Waals surface area contributed by atoms with Crippen LogP contribution in [0.2, 0.25) is 0 Å². The number of hydrogen-bond donors (Lipinski definition) is 4. The van der Waals surface area contributed by atoms with E-state index >= 15 is 0 Å². The second-order valence-electron chi connectivity index (χ2n) is 6.05. The smallest absolute Gasteiger partial charge is 0.394 e. The fourth-order valence-corrected chi connectivity index (χ4v) is 3.73. The van der Waals surface area contributed by atoms with Crippen molar-refractivity contribution in [3.8, 4) is 0 Å². The molecule has 3 rings (SSSR count). The van der Waals surface area contributed by atoms with Crippen LogP contribution in [0.25, 0.3) is 10.3 Å². The van der Waals surface area contributed by atoms with Gasteiger partial charge in [-0.2, -0.15) is 0 Å². The van der Waals surface area contributed by atoms with Crippen LogP contribution in [0.1, 0.15) is 12.5 Å². The molecule has 0 unspecified atom stereocenters. The van der Waals surface area contributed by atoms with E-state index in [1.807, 2.05) is 0 Å². The van der Waals surface area contributed by atoms with Gasteiger partial charge in [0.15, 0.2) is 28.3 Å². The first-order valence-corrected chi connectivity index (χ1v) is 9.62. The third kappa shape index (κ3) is 5.37. The predicted octanol–water partition coefficient (Wildman–Crippen LogP) is -0.891. The van der Waals surface area contributed by atoms with E-state index in [0.717, 1.165) is 29.2 Å². The molecule has 0 saturated carbocycles. The topological polar surface area (TPSA) is 111 Å². The van der Waals surface area contributed by atoms with Crippen molar-refractivity contribution >= 4 is 39.3 Å². The van der Waals surface area contributed by atoms with Crippen molar-refractivity contribution in [3.05, 3.63) is 45.1 Å². The Morgan fingerprint density at radius 3 is 2.68 bits per heavy atom. The molecule has 0 aliphatic carbocycles. The molecule has 0 fully saturated rings. The predicted molar refractivity (Wildman–Crippen MR) is 100 cm³/mol. The molecule has 144 valence electrons. The number of rotatable bonds is 7. The van der Waals surface area contributed by atoms with Gasteiger partial charge in [0.25, 0.3) is 0 Å². The van der Waals surface area contributed by atoms with Crippen LogP contribution in [0.15, 0.2) is 28.2 Å². The van der Waals surface area contributed by atoms with Crippen LogP contribution in [0.4, 0.5) is 14.6 Å². The van der Waals surface area contributed by atoms with E-state index in [0.29, 0.717) is 4.70 Å². The van der Waals surface area contributed by atoms with E-state index in [2.05, 4.69) is 20.3 Å². The molecule has 0 spiro atoms. The Hall–Kier alpha value is -0.444. The molecule has 0 amide bonds. The molecular weight excluding hydrogens is 437 g/mol. The molecule has 3 aromatic rings. The molecule has 0 aliphatic rings. The number of hydrogen-bond acceptors (Lipinski definition) is 8. The Bertz CT molecular complexity index is 1030. The summed E-state index contributed by atoms with van der Waals surface area (Å²) in [5.74, 6) is -1.52. The van der Waals surface area contributed by atoms with Crippen LogP contribution in [0.5, 0.6) is 0 Å². The fraction of sp³-hybridized carbons (Fsp3) is 0.312. The molecule has 28 heavy (non-hydrogen) atoms. The molecule has 2 heterocycles. The summed E-state index contributed by atoms with van der Waals surface area (Å²) in [4.78, 5) is 22.5. The second-order valence-corrected chi connectivity index (χ2v) is 7.98. The normalized spacial score (nSPS) is 11.5. The number of fused-ring (bicyclic) bond motifs is 1. The van der Waals surface area contributed by atoms with Crippen LogP contribution in [-0.4, -0.2) is 43.9 Å². The summed E-state index contributed by atoms with van der Waals surface area (Å²) in [6.45, 7) is 0.849. The monoisotopic (exact) mass is 453 g/mol. The minimum absolute atomic E-state index is 0. The molecule has 2 aromatic heterocycles. The van der Waals surface area contributed by atoms with Crippen molar-refractivity contribution in [2.24, 2.45) is 0 Å². The quantitative estimate of drug-likeness (QED) is 0.209. The molecule has 0 radical (unpaired) electrons. The summed E-state index contributed by atoms with van der Waals surface area (Å²) in [6.07, 6.45) is 0. The number of thioether (sulfide) groups is 1. The van der Waals surface area contributed by atoms with Crippen molar-refractivity contribution in [2.75, 3.05) is 18.5 Å². The van der Waals surface area contributed by atoms with Gasteiger partial charge in [0, 0.05) is 11.3 Å². The zero-order valence-electron chi connectivity index (χ0n) is 15.1. The van der Waals surface area contributed by atoms with E-state index in [1.54, 1.807) is 6.92 Å². The van der Waals surface area contributed by atoms with Gasteiger partial charge in [0.1, 0.15) is 4.70 Å². The zero-order chi connectivity index (χ0) is 19.6. The number of aliphatic hydroxyl groups is 2. The maximum absolute atomic E-state index is 13.8. The summed E-state index contributed by atoms with van der Waals surface area (Å²) in [5, 5.41) is 22.1. The average molecular weight is 454 g/mol. The zero-order valence-corrected chi connectivity index (χ0v) is 19.9. The van der Waals surface area contributed by atoms with Gasteiger partial charge in [-0.25, -0.2) is 18.7 Å². The van der Waals surface area contributed by atoms with E-state index in [-0.39, 0.29) is 97.4 Å². The number of H-pyrrole nitrogens is 1. The van der Waals surface area contributed by atoms with Gasteiger partial charge in [0.2, 0.25) is 0 Å². The first-order valence-electron chi connectivity index (χ1n) is 7.81. The summed E-state index contributed by atoms with van der Waals surface area (Å²) < 4.78 is 27.6. The van der Waals surface area contributed by atoms with Gasteiger partial charge in [-0.15, -0.1) is 0 Å². The summed E-state index contributed by atoms with van der Waals surface area (Å²) in [6, 6.07) is 3.91. The number of nitrogens with zero attached hydrogens (tertiary/aromatic N) is 2. The van der Waals surface area contributed by atoms with Crippen LogP contribution >= 0.6 is 23.1 Å². The van der Waals surface area contributed by atoms with Crippen LogP contribution in [0.3, 0.4) is 0 Å². The SMILES string of the molecule is CC(CO)(CO)Nc1nc(SCc2cccc(F)c2F)nc2[nH]c(=O)sc12.[K+]. The summed E-state index contributed by atoms with van der Waals surface area (Å²) >= 11 is 1.95. The van der Waals surface area contributed by atoms with E-state index in [9.17, 15) is 23.8 Å². The minimum atomic E-state index is -1.06. The Balaban J connectivity index is 0.00000280. The van der Waals surface area contributed by atoms with Crippen molar-refractivity contribution in [1.29, 1.82) is 0 Å². The minimum Gasteiger partial charge on any atom is -0.394 e. The average Bonchev–Trinajstić information content (AvgIpc) is 3.03. The Morgan fingerprint density at radius 2 is 2.00 bits per heavy atom. The van der Waals surface area contributed by atoms with Gasteiger partial charge >= 0.3 is 56.3 Å². The van der Waals surface area contributed by atoms with E-state index in [4.69, 9.17) is 0 Å². The molecule has 0 atom stereocenters. The number of aromatic amines is 1. The largest absolute Gasteiger partial charge is 1.00 e. The van der Waals surface area contributed by atoms with Gasteiger partial charge < -0.3 is 15.5 Å². The third-order valence-corrected chi connectivity index (χ3v) is 5.54. The number of benzene rings is 1. The summed E-state index contributed by atoms with van der Waals surface area (Å²) in [7, 11) is 0. The molecule has 1 aromatic carbocycles. The second kappa shape index (κ2) is 10.0. The van der Waals surface area contributed by atoms with Crippen molar-refractivity contribution in [3.63, 3.8) is 0 Å². The van der Waals surface area contributed by atoms with E-state index in [1.165, 1.54) is 12.1 Å². The number of thiazole rings is 1. The Kier molecular flexibility index (Phi) is 8.55. The van der Waals surface area contributed by atoms with Crippen LogP contribution < -0.4 is 61.6 Å². The maximum atomic E-state index is 13.8. The standard InChI is InChI=1S/C16H16F2N4O3S2.K/c1-16(6-23,7-24)22-13-11-12(21-15(25)27-11)19-14(20-13)26-5-8-3-2-4-9(17)10(8)18;/h2-4,23-24H,5-7H2,1H3,(H2,19,20,21,22,25);/q;+1. The van der Waals surface area contributed by atoms with Gasteiger partial charge in [-0.1, -0.05) is 35.2 Å². The first-order chi connectivity index (χ1) is 12.8. The van der Waals surface area contributed by atoms with Gasteiger partial charge in [0.05, 0.1) is 18.8 Å². The molecule has 0 aliphatic heterocycles. The number of nitrogens with one attached hydrogen (secondary N) is 2. The first kappa shape index (κ1) is 23.8. The number of halogens is 2. The van der Waals surface area contributed by atoms with E-state index < -0.39 is 17.2 Å². The number of aliphatic hydroxyl groups excluding tert-OH is 2. The Morgan fingerprint density at radius 1 is 1.29 bits per heavy atom.